The van der Waals surface area contributed by atoms with Gasteiger partial charge in [-0.2, -0.15) is 5.10 Å². The van der Waals surface area contributed by atoms with E-state index in [2.05, 4.69) is 17.5 Å². The Balaban J connectivity index is 1.95. The molecule has 9 heteroatoms. The third-order valence-electron chi connectivity index (χ3n) is 4.69. The van der Waals surface area contributed by atoms with E-state index < -0.39 is 10.8 Å². The van der Waals surface area contributed by atoms with Crippen LogP contribution in [0.5, 0.6) is 11.5 Å². The average molecular weight is 462 g/mol. The van der Waals surface area contributed by atoms with Crippen LogP contribution in [0, 0.1) is 10.1 Å². The number of nitrogens with one attached hydrogen (secondary N) is 1. The summed E-state index contributed by atoms with van der Waals surface area (Å²) in [6.45, 7) is 2.74. The van der Waals surface area contributed by atoms with Gasteiger partial charge in [-0.15, -0.1) is 0 Å². The Morgan fingerprint density at radius 2 is 1.94 bits per heavy atom. The summed E-state index contributed by atoms with van der Waals surface area (Å²) in [5.74, 6) is 0.373. The fourth-order valence-electron chi connectivity index (χ4n) is 3.00. The summed E-state index contributed by atoms with van der Waals surface area (Å²) >= 11 is 6.36. The zero-order valence-electron chi connectivity index (χ0n) is 18.3. The number of hydrogen-bond donors (Lipinski definition) is 1. The highest BCUT2D eigenvalue weighted by atomic mass is 35.5. The van der Waals surface area contributed by atoms with Crippen molar-refractivity contribution < 1.29 is 19.2 Å². The summed E-state index contributed by atoms with van der Waals surface area (Å²) in [6.07, 6.45) is 8.37. The fraction of sp³-hybridized carbons (Fsp3) is 0.391. The number of halogens is 1. The molecule has 0 aliphatic rings. The lowest BCUT2D eigenvalue weighted by atomic mass is 10.1. The van der Waals surface area contributed by atoms with E-state index >= 15 is 0 Å². The second-order valence-corrected chi connectivity index (χ2v) is 7.56. The van der Waals surface area contributed by atoms with E-state index in [-0.39, 0.29) is 11.3 Å². The number of rotatable bonds is 13. The Morgan fingerprint density at radius 3 is 2.66 bits per heavy atom. The molecule has 2 aromatic rings. The van der Waals surface area contributed by atoms with Gasteiger partial charge in [-0.3, -0.25) is 14.9 Å². The summed E-state index contributed by atoms with van der Waals surface area (Å²) in [6, 6.07) is 8.75. The van der Waals surface area contributed by atoms with Crippen LogP contribution in [0.25, 0.3) is 0 Å². The van der Waals surface area contributed by atoms with Gasteiger partial charge in [0.15, 0.2) is 11.5 Å². The molecule has 2 rings (SSSR count). The largest absolute Gasteiger partial charge is 0.493 e. The number of benzene rings is 2. The molecule has 0 saturated heterocycles. The number of nitro groups is 1. The van der Waals surface area contributed by atoms with Crippen LogP contribution in [0.2, 0.25) is 5.02 Å². The Hall–Kier alpha value is -3.13. The predicted octanol–water partition coefficient (Wildman–Crippen LogP) is 5.76. The maximum atomic E-state index is 12.2. The molecule has 0 radical (unpaired) electrons. The summed E-state index contributed by atoms with van der Waals surface area (Å²) in [5.41, 5.74) is 2.89. The lowest BCUT2D eigenvalue weighted by Crippen LogP contribution is -2.17. The Kier molecular flexibility index (Phi) is 10.5. The maximum Gasteiger partial charge on any atom is 0.271 e. The molecular weight excluding hydrogens is 434 g/mol. The highest BCUT2D eigenvalue weighted by Crippen LogP contribution is 2.36. The SMILES string of the molecule is CCCCCCCCOc1c(Cl)cc(/C=N/NC(=O)c2cccc([N+](=O)[O-])c2)cc1OC. The molecule has 0 spiro atoms. The van der Waals surface area contributed by atoms with Crippen molar-refractivity contribution in [2.24, 2.45) is 5.10 Å². The molecule has 1 N–H and O–H groups in total. The fourth-order valence-corrected chi connectivity index (χ4v) is 3.28. The Morgan fingerprint density at radius 1 is 1.19 bits per heavy atom. The number of hydrazone groups is 1. The average Bonchev–Trinajstić information content (AvgIpc) is 2.79. The number of unbranched alkanes of at least 4 members (excludes halogenated alkanes) is 5. The minimum atomic E-state index is -0.568. The number of ether oxygens (including phenoxy) is 2. The van der Waals surface area contributed by atoms with Gasteiger partial charge in [0.1, 0.15) is 0 Å². The smallest absolute Gasteiger partial charge is 0.271 e. The van der Waals surface area contributed by atoms with E-state index in [1.54, 1.807) is 12.1 Å². The molecule has 0 aliphatic heterocycles. The van der Waals surface area contributed by atoms with Crippen LogP contribution in [-0.2, 0) is 0 Å². The van der Waals surface area contributed by atoms with Crippen molar-refractivity contribution in [3.8, 4) is 11.5 Å². The maximum absolute atomic E-state index is 12.2. The standard InChI is InChI=1S/C23H28ClN3O5/c1-3-4-5-6-7-8-12-32-22-20(24)13-17(14-21(22)31-2)16-25-26-23(28)18-10-9-11-19(15-18)27(29)30/h9-11,13-16H,3-8,12H2,1-2H3,(H,26,28)/b25-16+. The van der Waals surface area contributed by atoms with Gasteiger partial charge in [0.2, 0.25) is 0 Å². The number of non-ortho nitro benzene ring substituents is 1. The zero-order valence-corrected chi connectivity index (χ0v) is 19.1. The Labute approximate surface area is 192 Å². The van der Waals surface area contributed by atoms with E-state index in [1.807, 2.05) is 0 Å². The van der Waals surface area contributed by atoms with Crippen molar-refractivity contribution in [2.45, 2.75) is 45.4 Å². The van der Waals surface area contributed by atoms with Crippen molar-refractivity contribution in [1.82, 2.24) is 5.43 Å². The number of carbonyl (C=O) groups excluding carboxylic acids is 1. The van der Waals surface area contributed by atoms with Gasteiger partial charge in [-0.05, 0) is 30.2 Å². The lowest BCUT2D eigenvalue weighted by molar-refractivity contribution is -0.384. The van der Waals surface area contributed by atoms with Gasteiger partial charge in [0.25, 0.3) is 11.6 Å². The molecule has 0 aliphatic carbocycles. The van der Waals surface area contributed by atoms with Gasteiger partial charge in [-0.25, -0.2) is 5.43 Å². The van der Waals surface area contributed by atoms with E-state index in [4.69, 9.17) is 21.1 Å². The molecule has 0 bridgehead atoms. The Bertz CT molecular complexity index is 949. The number of methoxy groups -OCH3 is 1. The van der Waals surface area contributed by atoms with Crippen molar-refractivity contribution in [2.75, 3.05) is 13.7 Å². The minimum absolute atomic E-state index is 0.130. The predicted molar refractivity (Wildman–Crippen MR) is 125 cm³/mol. The van der Waals surface area contributed by atoms with Crippen molar-refractivity contribution in [3.05, 3.63) is 62.7 Å². The van der Waals surface area contributed by atoms with Crippen LogP contribution >= 0.6 is 11.6 Å². The first-order chi connectivity index (χ1) is 15.5. The highest BCUT2D eigenvalue weighted by molar-refractivity contribution is 6.32. The van der Waals surface area contributed by atoms with Crippen LogP contribution < -0.4 is 14.9 Å². The molecule has 8 nitrogen and oxygen atoms in total. The molecule has 0 saturated carbocycles. The molecule has 2 aromatic carbocycles. The third-order valence-corrected chi connectivity index (χ3v) is 4.98. The van der Waals surface area contributed by atoms with E-state index in [0.717, 1.165) is 12.8 Å². The first-order valence-corrected chi connectivity index (χ1v) is 10.9. The summed E-state index contributed by atoms with van der Waals surface area (Å²) in [4.78, 5) is 22.4. The molecule has 0 heterocycles. The van der Waals surface area contributed by atoms with Crippen molar-refractivity contribution in [3.63, 3.8) is 0 Å². The number of hydrogen-bond acceptors (Lipinski definition) is 6. The van der Waals surface area contributed by atoms with Crippen molar-refractivity contribution >= 4 is 29.4 Å². The quantitative estimate of drug-likeness (QED) is 0.177. The molecule has 0 aromatic heterocycles. The topological polar surface area (TPSA) is 103 Å². The number of carbonyl (C=O) groups is 1. The van der Waals surface area contributed by atoms with Gasteiger partial charge < -0.3 is 9.47 Å². The molecule has 0 unspecified atom stereocenters. The summed E-state index contributed by atoms with van der Waals surface area (Å²) < 4.78 is 11.2. The van der Waals surface area contributed by atoms with Crippen LogP contribution in [0.1, 0.15) is 61.4 Å². The van der Waals surface area contributed by atoms with Gasteiger partial charge in [0.05, 0.1) is 29.9 Å². The van der Waals surface area contributed by atoms with E-state index in [9.17, 15) is 14.9 Å². The van der Waals surface area contributed by atoms with Gasteiger partial charge in [-0.1, -0.05) is 56.7 Å². The molecule has 0 fully saturated rings. The number of nitro benzene ring substituents is 1. The van der Waals surface area contributed by atoms with Crippen molar-refractivity contribution in [1.29, 1.82) is 0 Å². The minimum Gasteiger partial charge on any atom is -0.493 e. The second-order valence-electron chi connectivity index (χ2n) is 7.16. The zero-order chi connectivity index (χ0) is 23.3. The summed E-state index contributed by atoms with van der Waals surface area (Å²) in [7, 11) is 1.52. The van der Waals surface area contributed by atoms with E-state index in [1.165, 1.54) is 63.3 Å². The third kappa shape index (κ3) is 7.85. The molecule has 32 heavy (non-hydrogen) atoms. The first kappa shape index (κ1) is 25.1. The lowest BCUT2D eigenvalue weighted by Gasteiger charge is -2.13. The molecule has 0 atom stereocenters. The van der Waals surface area contributed by atoms with Gasteiger partial charge >= 0.3 is 0 Å². The second kappa shape index (κ2) is 13.3. The number of nitrogens with zero attached hydrogens (tertiary/aromatic N) is 2. The summed E-state index contributed by atoms with van der Waals surface area (Å²) in [5, 5.41) is 15.1. The highest BCUT2D eigenvalue weighted by Gasteiger charge is 2.13. The van der Waals surface area contributed by atoms with Crippen LogP contribution in [-0.4, -0.2) is 30.8 Å². The van der Waals surface area contributed by atoms with Crippen LogP contribution in [0.15, 0.2) is 41.5 Å². The monoisotopic (exact) mass is 461 g/mol. The van der Waals surface area contributed by atoms with Crippen LogP contribution in [0.3, 0.4) is 0 Å². The van der Waals surface area contributed by atoms with E-state index in [0.29, 0.717) is 28.7 Å². The molecular formula is C23H28ClN3O5. The number of amides is 1. The molecule has 172 valence electrons. The first-order valence-electron chi connectivity index (χ1n) is 10.5. The van der Waals surface area contributed by atoms with Gasteiger partial charge in [0, 0.05) is 17.7 Å². The normalized spacial score (nSPS) is 10.8. The molecule has 1 amide bonds. The van der Waals surface area contributed by atoms with Crippen LogP contribution in [0.4, 0.5) is 5.69 Å².